The Morgan fingerprint density at radius 2 is 1.67 bits per heavy atom. The molecule has 5 aromatic rings. The summed E-state index contributed by atoms with van der Waals surface area (Å²) in [5, 5.41) is 11.4. The molecule has 11 heteroatoms. The Morgan fingerprint density at radius 1 is 0.913 bits per heavy atom. The minimum atomic E-state index is -0.520. The van der Waals surface area contributed by atoms with Gasteiger partial charge in [-0.1, -0.05) is 72.3 Å². The first kappa shape index (κ1) is 32.5. The van der Waals surface area contributed by atoms with E-state index in [-0.39, 0.29) is 17.4 Å². The highest BCUT2D eigenvalue weighted by atomic mass is 35.5. The number of para-hydroxylation sites is 1. The van der Waals surface area contributed by atoms with Crippen molar-refractivity contribution in [2.24, 2.45) is 0 Å². The summed E-state index contributed by atoms with van der Waals surface area (Å²) >= 11 is 8.91. The van der Waals surface area contributed by atoms with Crippen LogP contribution < -0.4 is 20.7 Å². The second-order valence-electron chi connectivity index (χ2n) is 9.69. The first-order chi connectivity index (χ1) is 22.4. The van der Waals surface area contributed by atoms with Gasteiger partial charge < -0.3 is 20.7 Å². The quantitative estimate of drug-likeness (QED) is 0.0918. The molecule has 0 radical (unpaired) electrons. The molecule has 0 unspecified atom stereocenters. The molecule has 0 aliphatic rings. The second kappa shape index (κ2) is 15.9. The predicted molar refractivity (Wildman–Crippen MR) is 186 cm³/mol. The summed E-state index contributed by atoms with van der Waals surface area (Å²) in [6, 6.07) is 30.4. The van der Waals surface area contributed by atoms with Gasteiger partial charge in [0.15, 0.2) is 5.13 Å². The average Bonchev–Trinajstić information content (AvgIpc) is 3.53. The van der Waals surface area contributed by atoms with Crippen LogP contribution in [0.4, 0.5) is 10.8 Å². The number of halogens is 1. The van der Waals surface area contributed by atoms with Gasteiger partial charge in [0.05, 0.1) is 18.1 Å². The monoisotopic (exact) mass is 668 g/mol. The maximum absolute atomic E-state index is 13.5. The Balaban J connectivity index is 1.25. The van der Waals surface area contributed by atoms with Crippen molar-refractivity contribution in [1.82, 2.24) is 10.3 Å². The molecule has 3 N–H and O–H groups in total. The van der Waals surface area contributed by atoms with Crippen molar-refractivity contribution in [1.29, 1.82) is 0 Å². The standard InChI is InChI=1S/C35H29ClN4O4S2/c1-2-44-31-18-9-6-13-24(31)19-29(38-33(42)23-11-4-3-5-12-23)34(43)37-25-14-10-15-26(20-25)45-22-32(41)40-35-39-30(21-46-35)27-16-7-8-17-28(27)36/h3-21H,2,22H2,1H3,(H,37,43)(H,38,42)(H,39,40,41)/b29-19+. The molecule has 46 heavy (non-hydrogen) atoms. The van der Waals surface area contributed by atoms with E-state index in [9.17, 15) is 14.4 Å². The first-order valence-corrected chi connectivity index (χ1v) is 16.5. The van der Waals surface area contributed by atoms with Crippen LogP contribution in [-0.2, 0) is 9.59 Å². The smallest absolute Gasteiger partial charge is 0.272 e. The number of nitrogens with zero attached hydrogens (tertiary/aromatic N) is 1. The molecule has 3 amide bonds. The fraction of sp³-hybridized carbons (Fsp3) is 0.0857. The van der Waals surface area contributed by atoms with Gasteiger partial charge in [-0.25, -0.2) is 4.98 Å². The molecule has 4 aromatic carbocycles. The number of hydrogen-bond donors (Lipinski definition) is 3. The summed E-state index contributed by atoms with van der Waals surface area (Å²) in [7, 11) is 0. The number of ether oxygens (including phenoxy) is 1. The van der Waals surface area contributed by atoms with Gasteiger partial charge in [-0.05, 0) is 55.5 Å². The van der Waals surface area contributed by atoms with Crippen molar-refractivity contribution in [3.8, 4) is 17.0 Å². The second-order valence-corrected chi connectivity index (χ2v) is 12.0. The summed E-state index contributed by atoms with van der Waals surface area (Å²) in [5.74, 6) is -0.454. The number of thiazole rings is 1. The maximum atomic E-state index is 13.5. The van der Waals surface area contributed by atoms with Crippen LogP contribution in [0.5, 0.6) is 5.75 Å². The number of nitrogens with one attached hydrogen (secondary N) is 3. The minimum absolute atomic E-state index is 0.0399. The van der Waals surface area contributed by atoms with E-state index in [2.05, 4.69) is 20.9 Å². The van der Waals surface area contributed by atoms with E-state index >= 15 is 0 Å². The summed E-state index contributed by atoms with van der Waals surface area (Å²) in [6.45, 7) is 2.32. The van der Waals surface area contributed by atoms with E-state index in [1.807, 2.05) is 54.8 Å². The fourth-order valence-electron chi connectivity index (χ4n) is 4.27. The number of carbonyl (C=O) groups is 3. The first-order valence-electron chi connectivity index (χ1n) is 14.2. The lowest BCUT2D eigenvalue weighted by Gasteiger charge is -2.13. The SMILES string of the molecule is CCOc1ccccc1/C=C(/NC(=O)c1ccccc1)C(=O)Nc1cccc(SCC(=O)Nc2nc(-c3ccccc3Cl)cs2)c1. The lowest BCUT2D eigenvalue weighted by atomic mass is 10.1. The van der Waals surface area contributed by atoms with Crippen LogP contribution in [-0.4, -0.2) is 35.1 Å². The van der Waals surface area contributed by atoms with E-state index in [4.69, 9.17) is 16.3 Å². The number of anilines is 2. The molecule has 8 nitrogen and oxygen atoms in total. The lowest BCUT2D eigenvalue weighted by molar-refractivity contribution is -0.114. The number of hydrogen-bond acceptors (Lipinski definition) is 7. The third-order valence-electron chi connectivity index (χ3n) is 6.41. The number of benzene rings is 4. The van der Waals surface area contributed by atoms with Gasteiger partial charge in [0.2, 0.25) is 5.91 Å². The van der Waals surface area contributed by atoms with Gasteiger partial charge in [0.1, 0.15) is 11.4 Å². The Bertz CT molecular complexity index is 1880. The Hall–Kier alpha value is -4.90. The average molecular weight is 669 g/mol. The summed E-state index contributed by atoms with van der Waals surface area (Å²) in [5.41, 5.74) is 3.07. The van der Waals surface area contributed by atoms with Crippen molar-refractivity contribution >= 4 is 69.3 Å². The zero-order valence-electron chi connectivity index (χ0n) is 24.7. The highest BCUT2D eigenvalue weighted by molar-refractivity contribution is 8.00. The predicted octanol–water partition coefficient (Wildman–Crippen LogP) is 8.00. The zero-order chi connectivity index (χ0) is 32.3. The van der Waals surface area contributed by atoms with E-state index in [1.165, 1.54) is 23.1 Å². The minimum Gasteiger partial charge on any atom is -0.493 e. The number of amides is 3. The highest BCUT2D eigenvalue weighted by Gasteiger charge is 2.17. The van der Waals surface area contributed by atoms with Crippen LogP contribution in [0.3, 0.4) is 0 Å². The third kappa shape index (κ3) is 8.85. The zero-order valence-corrected chi connectivity index (χ0v) is 27.0. The molecule has 0 fully saturated rings. The van der Waals surface area contributed by atoms with Crippen molar-refractivity contribution in [2.75, 3.05) is 23.0 Å². The van der Waals surface area contributed by atoms with Gasteiger partial charge >= 0.3 is 0 Å². The van der Waals surface area contributed by atoms with Crippen molar-refractivity contribution < 1.29 is 19.1 Å². The van der Waals surface area contributed by atoms with Gasteiger partial charge in [-0.3, -0.25) is 14.4 Å². The Labute approximate surface area is 279 Å². The van der Waals surface area contributed by atoms with Crippen LogP contribution in [0.1, 0.15) is 22.8 Å². The van der Waals surface area contributed by atoms with Crippen LogP contribution in [0.15, 0.2) is 119 Å². The molecular weight excluding hydrogens is 640 g/mol. The van der Waals surface area contributed by atoms with Crippen molar-refractivity contribution in [2.45, 2.75) is 11.8 Å². The van der Waals surface area contributed by atoms with E-state index in [0.29, 0.717) is 45.0 Å². The Morgan fingerprint density at radius 3 is 2.48 bits per heavy atom. The molecule has 0 aliphatic carbocycles. The molecule has 0 atom stereocenters. The molecular formula is C35H29ClN4O4S2. The Kier molecular flexibility index (Phi) is 11.2. The molecule has 0 saturated heterocycles. The number of thioether (sulfide) groups is 1. The number of carbonyl (C=O) groups excluding carboxylic acids is 3. The molecule has 0 saturated carbocycles. The number of aromatic nitrogens is 1. The summed E-state index contributed by atoms with van der Waals surface area (Å²) in [6.07, 6.45) is 1.58. The van der Waals surface area contributed by atoms with Gasteiger partial charge in [-0.15, -0.1) is 23.1 Å². The molecule has 0 aliphatic heterocycles. The lowest BCUT2D eigenvalue weighted by Crippen LogP contribution is -2.30. The molecule has 232 valence electrons. The highest BCUT2D eigenvalue weighted by Crippen LogP contribution is 2.30. The van der Waals surface area contributed by atoms with Crippen LogP contribution >= 0.6 is 34.7 Å². The van der Waals surface area contributed by atoms with Crippen LogP contribution in [0.25, 0.3) is 17.3 Å². The van der Waals surface area contributed by atoms with Crippen molar-refractivity contribution in [3.05, 3.63) is 130 Å². The maximum Gasteiger partial charge on any atom is 0.272 e. The van der Waals surface area contributed by atoms with Crippen LogP contribution in [0.2, 0.25) is 5.02 Å². The van der Waals surface area contributed by atoms with E-state index < -0.39 is 11.8 Å². The normalized spacial score (nSPS) is 11.0. The van der Waals surface area contributed by atoms with Gasteiger partial charge in [0, 0.05) is 37.7 Å². The molecule has 1 heterocycles. The van der Waals surface area contributed by atoms with Crippen LogP contribution in [0, 0.1) is 0 Å². The van der Waals surface area contributed by atoms with E-state index in [1.54, 1.807) is 66.7 Å². The van der Waals surface area contributed by atoms with Crippen molar-refractivity contribution in [3.63, 3.8) is 0 Å². The summed E-state index contributed by atoms with van der Waals surface area (Å²) in [4.78, 5) is 44.5. The third-order valence-corrected chi connectivity index (χ3v) is 8.49. The molecule has 5 rings (SSSR count). The molecule has 1 aromatic heterocycles. The molecule has 0 bridgehead atoms. The topological polar surface area (TPSA) is 109 Å². The largest absolute Gasteiger partial charge is 0.493 e. The molecule has 0 spiro atoms. The fourth-order valence-corrected chi connectivity index (χ4v) is 5.99. The summed E-state index contributed by atoms with van der Waals surface area (Å²) < 4.78 is 5.72. The van der Waals surface area contributed by atoms with Gasteiger partial charge in [0.25, 0.3) is 11.8 Å². The van der Waals surface area contributed by atoms with E-state index in [0.717, 1.165) is 10.5 Å². The number of rotatable bonds is 12. The van der Waals surface area contributed by atoms with Gasteiger partial charge in [-0.2, -0.15) is 0 Å².